The number of carboxylic acids is 1. The van der Waals surface area contributed by atoms with Crippen LogP contribution in [0.5, 0.6) is 5.75 Å². The first-order valence-corrected chi connectivity index (χ1v) is 5.77. The van der Waals surface area contributed by atoms with Crippen molar-refractivity contribution in [3.63, 3.8) is 0 Å². The lowest BCUT2D eigenvalue weighted by Crippen LogP contribution is -2.13. The van der Waals surface area contributed by atoms with Crippen LogP contribution in [0.4, 0.5) is 13.2 Å². The van der Waals surface area contributed by atoms with E-state index in [-0.39, 0.29) is 5.56 Å². The molecule has 0 saturated carbocycles. The fourth-order valence-electron chi connectivity index (χ4n) is 1.91. The van der Waals surface area contributed by atoms with Crippen molar-refractivity contribution in [3.8, 4) is 16.9 Å². The highest BCUT2D eigenvalue weighted by Crippen LogP contribution is 2.37. The average Bonchev–Trinajstić information content (AvgIpc) is 2.45. The topological polar surface area (TPSA) is 59.4 Å². The van der Waals surface area contributed by atoms with Gasteiger partial charge >= 0.3 is 12.1 Å². The Kier molecular flexibility index (Phi) is 3.84. The standard InChI is InChI=1S/C14H10F3NO3/c1-21-12-4-5-18-7-10(12)8-2-3-9(13(19)20)11(6-8)14(15,16)17/h2-7H,1H3,(H,19,20). The van der Waals surface area contributed by atoms with Crippen molar-refractivity contribution >= 4 is 5.97 Å². The molecule has 0 saturated heterocycles. The molecule has 2 rings (SSSR count). The number of carbonyl (C=O) groups is 1. The van der Waals surface area contributed by atoms with Gasteiger partial charge in [-0.3, -0.25) is 4.98 Å². The molecule has 0 fully saturated rings. The van der Waals surface area contributed by atoms with Crippen LogP contribution in [0.2, 0.25) is 0 Å². The lowest BCUT2D eigenvalue weighted by molar-refractivity contribution is -0.138. The number of carboxylic acid groups (broad SMARTS) is 1. The van der Waals surface area contributed by atoms with E-state index in [0.29, 0.717) is 11.3 Å². The van der Waals surface area contributed by atoms with Gasteiger partial charge in [0.05, 0.1) is 18.2 Å². The van der Waals surface area contributed by atoms with Gasteiger partial charge in [0.25, 0.3) is 0 Å². The number of halogens is 3. The van der Waals surface area contributed by atoms with Gasteiger partial charge in [0.1, 0.15) is 5.75 Å². The van der Waals surface area contributed by atoms with Crippen LogP contribution in [0.15, 0.2) is 36.7 Å². The number of aromatic carboxylic acids is 1. The SMILES string of the molecule is COc1ccncc1-c1ccc(C(=O)O)c(C(F)(F)F)c1. The molecular weight excluding hydrogens is 287 g/mol. The number of rotatable bonds is 3. The molecule has 7 heteroatoms. The number of aromatic nitrogens is 1. The van der Waals surface area contributed by atoms with E-state index in [2.05, 4.69) is 4.98 Å². The minimum Gasteiger partial charge on any atom is -0.496 e. The van der Waals surface area contributed by atoms with Crippen molar-refractivity contribution in [2.24, 2.45) is 0 Å². The van der Waals surface area contributed by atoms with E-state index in [1.807, 2.05) is 0 Å². The van der Waals surface area contributed by atoms with Gasteiger partial charge in [-0.1, -0.05) is 6.07 Å². The van der Waals surface area contributed by atoms with Crippen LogP contribution in [0.25, 0.3) is 11.1 Å². The van der Waals surface area contributed by atoms with Gasteiger partial charge in [0.2, 0.25) is 0 Å². The molecule has 110 valence electrons. The largest absolute Gasteiger partial charge is 0.496 e. The Morgan fingerprint density at radius 3 is 2.57 bits per heavy atom. The van der Waals surface area contributed by atoms with E-state index in [1.54, 1.807) is 0 Å². The number of methoxy groups -OCH3 is 1. The molecule has 21 heavy (non-hydrogen) atoms. The summed E-state index contributed by atoms with van der Waals surface area (Å²) in [6.07, 6.45) is -1.97. The summed E-state index contributed by atoms with van der Waals surface area (Å²) in [6, 6.07) is 4.50. The van der Waals surface area contributed by atoms with Crippen molar-refractivity contribution in [2.75, 3.05) is 7.11 Å². The molecule has 0 amide bonds. The summed E-state index contributed by atoms with van der Waals surface area (Å²) in [4.78, 5) is 14.7. The average molecular weight is 297 g/mol. The molecule has 1 heterocycles. The zero-order valence-electron chi connectivity index (χ0n) is 10.8. The third-order valence-electron chi connectivity index (χ3n) is 2.87. The third kappa shape index (κ3) is 2.96. The zero-order chi connectivity index (χ0) is 15.6. The first-order chi connectivity index (χ1) is 9.84. The Hall–Kier alpha value is -2.57. The van der Waals surface area contributed by atoms with Gasteiger partial charge < -0.3 is 9.84 Å². The first-order valence-electron chi connectivity index (χ1n) is 5.77. The summed E-state index contributed by atoms with van der Waals surface area (Å²) in [5.41, 5.74) is -1.48. The Balaban J connectivity index is 2.65. The summed E-state index contributed by atoms with van der Waals surface area (Å²) in [5.74, 6) is -1.28. The van der Waals surface area contributed by atoms with Crippen molar-refractivity contribution in [2.45, 2.75) is 6.18 Å². The lowest BCUT2D eigenvalue weighted by Gasteiger charge is -2.13. The first kappa shape index (κ1) is 14.8. The molecule has 1 aromatic heterocycles. The third-order valence-corrected chi connectivity index (χ3v) is 2.87. The summed E-state index contributed by atoms with van der Waals surface area (Å²) in [5, 5.41) is 8.85. The van der Waals surface area contributed by atoms with Crippen LogP contribution in [-0.2, 0) is 6.18 Å². The van der Waals surface area contributed by atoms with Crippen molar-refractivity contribution < 1.29 is 27.8 Å². The number of alkyl halides is 3. The summed E-state index contributed by atoms with van der Waals surface area (Å²) in [7, 11) is 1.38. The van der Waals surface area contributed by atoms with Gasteiger partial charge in [0, 0.05) is 18.0 Å². The van der Waals surface area contributed by atoms with Crippen LogP contribution in [-0.4, -0.2) is 23.2 Å². The molecule has 4 nitrogen and oxygen atoms in total. The van der Waals surface area contributed by atoms with Gasteiger partial charge in [-0.15, -0.1) is 0 Å². The van der Waals surface area contributed by atoms with Crippen LogP contribution < -0.4 is 4.74 Å². The molecule has 0 aliphatic rings. The van der Waals surface area contributed by atoms with Gasteiger partial charge in [-0.05, 0) is 23.8 Å². The highest BCUT2D eigenvalue weighted by Gasteiger charge is 2.35. The van der Waals surface area contributed by atoms with E-state index in [1.165, 1.54) is 31.6 Å². The summed E-state index contributed by atoms with van der Waals surface area (Å²) < 4.78 is 44.0. The van der Waals surface area contributed by atoms with Crippen LogP contribution >= 0.6 is 0 Å². The monoisotopic (exact) mass is 297 g/mol. The highest BCUT2D eigenvalue weighted by atomic mass is 19.4. The molecule has 0 bridgehead atoms. The second-order valence-corrected chi connectivity index (χ2v) is 4.14. The molecule has 1 N–H and O–H groups in total. The molecule has 0 aliphatic carbocycles. The minimum atomic E-state index is -4.76. The predicted molar refractivity (Wildman–Crippen MR) is 68.2 cm³/mol. The van der Waals surface area contributed by atoms with Gasteiger partial charge in [-0.25, -0.2) is 4.79 Å². The van der Waals surface area contributed by atoms with Crippen molar-refractivity contribution in [1.29, 1.82) is 0 Å². The van der Waals surface area contributed by atoms with Crippen LogP contribution in [0.1, 0.15) is 15.9 Å². The molecule has 0 unspecified atom stereocenters. The fraction of sp³-hybridized carbons (Fsp3) is 0.143. The van der Waals surface area contributed by atoms with Gasteiger partial charge in [-0.2, -0.15) is 13.2 Å². The molecule has 2 aromatic rings. The zero-order valence-corrected chi connectivity index (χ0v) is 10.8. The van der Waals surface area contributed by atoms with E-state index in [9.17, 15) is 18.0 Å². The Morgan fingerprint density at radius 2 is 2.00 bits per heavy atom. The number of hydrogen-bond donors (Lipinski definition) is 1. The summed E-state index contributed by atoms with van der Waals surface area (Å²) >= 11 is 0. The minimum absolute atomic E-state index is 0.178. The predicted octanol–water partition coefficient (Wildman–Crippen LogP) is 3.47. The highest BCUT2D eigenvalue weighted by molar-refractivity contribution is 5.90. The number of benzene rings is 1. The maximum atomic E-state index is 13.0. The van der Waals surface area contributed by atoms with Crippen LogP contribution in [0.3, 0.4) is 0 Å². The van der Waals surface area contributed by atoms with Crippen molar-refractivity contribution in [1.82, 2.24) is 4.98 Å². The van der Waals surface area contributed by atoms with Gasteiger partial charge in [0.15, 0.2) is 0 Å². The fourth-order valence-corrected chi connectivity index (χ4v) is 1.91. The number of pyridine rings is 1. The molecule has 1 aromatic carbocycles. The molecule has 0 aliphatic heterocycles. The second-order valence-electron chi connectivity index (χ2n) is 4.14. The molecular formula is C14H10F3NO3. The number of hydrogen-bond acceptors (Lipinski definition) is 3. The maximum Gasteiger partial charge on any atom is 0.417 e. The Labute approximate surface area is 117 Å². The van der Waals surface area contributed by atoms with E-state index in [0.717, 1.165) is 12.1 Å². The lowest BCUT2D eigenvalue weighted by atomic mass is 9.99. The Bertz CT molecular complexity index is 683. The second kappa shape index (κ2) is 5.43. The quantitative estimate of drug-likeness (QED) is 0.942. The van der Waals surface area contributed by atoms with Crippen molar-refractivity contribution in [3.05, 3.63) is 47.8 Å². The molecule has 0 atom stereocenters. The smallest absolute Gasteiger partial charge is 0.417 e. The molecule has 0 spiro atoms. The summed E-state index contributed by atoms with van der Waals surface area (Å²) in [6.45, 7) is 0. The normalized spacial score (nSPS) is 11.2. The van der Waals surface area contributed by atoms with E-state index in [4.69, 9.17) is 9.84 Å². The van der Waals surface area contributed by atoms with E-state index >= 15 is 0 Å². The number of nitrogens with zero attached hydrogens (tertiary/aromatic N) is 1. The molecule has 0 radical (unpaired) electrons. The van der Waals surface area contributed by atoms with Crippen LogP contribution in [0, 0.1) is 0 Å². The number of ether oxygens (including phenoxy) is 1. The maximum absolute atomic E-state index is 13.0. The van der Waals surface area contributed by atoms with E-state index < -0.39 is 23.3 Å². The Morgan fingerprint density at radius 1 is 1.29 bits per heavy atom.